The summed E-state index contributed by atoms with van der Waals surface area (Å²) in [7, 11) is 2.23. The molecule has 2 aliphatic rings. The SMILES string of the molecule is CCC1CN(CC2CC(O)CN2)CCN1C. The van der Waals surface area contributed by atoms with Crippen molar-refractivity contribution in [2.24, 2.45) is 0 Å². The third-order valence-electron chi connectivity index (χ3n) is 4.01. The van der Waals surface area contributed by atoms with Gasteiger partial charge in [-0.15, -0.1) is 0 Å². The van der Waals surface area contributed by atoms with Gasteiger partial charge in [0.05, 0.1) is 6.10 Å². The van der Waals surface area contributed by atoms with Gasteiger partial charge in [-0.1, -0.05) is 6.92 Å². The van der Waals surface area contributed by atoms with Crippen molar-refractivity contribution in [3.05, 3.63) is 0 Å². The highest BCUT2D eigenvalue weighted by Crippen LogP contribution is 2.13. The Morgan fingerprint density at radius 2 is 2.19 bits per heavy atom. The third kappa shape index (κ3) is 2.94. The van der Waals surface area contributed by atoms with E-state index in [-0.39, 0.29) is 6.10 Å². The standard InChI is InChI=1S/C12H25N3O/c1-3-11-9-15(5-4-14(11)2)8-10-6-12(16)7-13-10/h10-13,16H,3-9H2,1-2H3. The van der Waals surface area contributed by atoms with Crippen molar-refractivity contribution in [1.29, 1.82) is 0 Å². The summed E-state index contributed by atoms with van der Waals surface area (Å²) in [5.74, 6) is 0. The zero-order valence-electron chi connectivity index (χ0n) is 10.5. The topological polar surface area (TPSA) is 38.7 Å². The van der Waals surface area contributed by atoms with Crippen LogP contribution >= 0.6 is 0 Å². The fourth-order valence-corrected chi connectivity index (χ4v) is 2.87. The molecular formula is C12H25N3O. The summed E-state index contributed by atoms with van der Waals surface area (Å²) in [5.41, 5.74) is 0. The van der Waals surface area contributed by atoms with E-state index in [9.17, 15) is 5.11 Å². The molecule has 0 aromatic carbocycles. The first-order valence-electron chi connectivity index (χ1n) is 6.53. The first kappa shape index (κ1) is 12.3. The lowest BCUT2D eigenvalue weighted by Gasteiger charge is -2.40. The van der Waals surface area contributed by atoms with Gasteiger partial charge in [0.15, 0.2) is 0 Å². The number of nitrogens with zero attached hydrogens (tertiary/aromatic N) is 2. The molecule has 0 radical (unpaired) electrons. The van der Waals surface area contributed by atoms with Gasteiger partial charge in [0, 0.05) is 44.8 Å². The second-order valence-corrected chi connectivity index (χ2v) is 5.30. The van der Waals surface area contributed by atoms with E-state index >= 15 is 0 Å². The van der Waals surface area contributed by atoms with Crippen molar-refractivity contribution in [3.8, 4) is 0 Å². The molecule has 2 saturated heterocycles. The minimum absolute atomic E-state index is 0.126. The highest BCUT2D eigenvalue weighted by atomic mass is 16.3. The van der Waals surface area contributed by atoms with Crippen LogP contribution in [0.25, 0.3) is 0 Å². The van der Waals surface area contributed by atoms with Gasteiger partial charge >= 0.3 is 0 Å². The van der Waals surface area contributed by atoms with Gasteiger partial charge < -0.3 is 15.3 Å². The van der Waals surface area contributed by atoms with E-state index in [1.165, 1.54) is 26.1 Å². The molecule has 0 amide bonds. The van der Waals surface area contributed by atoms with Crippen molar-refractivity contribution >= 4 is 0 Å². The minimum atomic E-state index is -0.126. The zero-order chi connectivity index (χ0) is 11.5. The summed E-state index contributed by atoms with van der Waals surface area (Å²) >= 11 is 0. The Hall–Kier alpha value is -0.160. The van der Waals surface area contributed by atoms with Crippen LogP contribution in [0.5, 0.6) is 0 Å². The van der Waals surface area contributed by atoms with Gasteiger partial charge in [-0.25, -0.2) is 0 Å². The fraction of sp³-hybridized carbons (Fsp3) is 1.00. The number of piperazine rings is 1. The summed E-state index contributed by atoms with van der Waals surface area (Å²) in [4.78, 5) is 5.01. The summed E-state index contributed by atoms with van der Waals surface area (Å²) < 4.78 is 0. The van der Waals surface area contributed by atoms with Crippen molar-refractivity contribution in [1.82, 2.24) is 15.1 Å². The summed E-state index contributed by atoms with van der Waals surface area (Å²) in [6.45, 7) is 7.66. The highest BCUT2D eigenvalue weighted by molar-refractivity contribution is 4.87. The second-order valence-electron chi connectivity index (χ2n) is 5.30. The summed E-state index contributed by atoms with van der Waals surface area (Å²) in [5, 5.41) is 12.9. The predicted octanol–water partition coefficient (Wildman–Crippen LogP) is -0.265. The largest absolute Gasteiger partial charge is 0.392 e. The molecule has 0 saturated carbocycles. The first-order chi connectivity index (χ1) is 7.69. The van der Waals surface area contributed by atoms with Crippen LogP contribution in [0.15, 0.2) is 0 Å². The molecule has 3 atom stereocenters. The van der Waals surface area contributed by atoms with Crippen LogP contribution in [-0.2, 0) is 0 Å². The Labute approximate surface area is 98.6 Å². The molecule has 94 valence electrons. The Balaban J connectivity index is 1.78. The maximum atomic E-state index is 9.48. The number of likely N-dealkylation sites (N-methyl/N-ethyl adjacent to an activating group) is 1. The summed E-state index contributed by atoms with van der Waals surface area (Å²) in [6.07, 6.45) is 2.02. The second kappa shape index (κ2) is 5.45. The van der Waals surface area contributed by atoms with E-state index in [1.54, 1.807) is 0 Å². The lowest BCUT2D eigenvalue weighted by atomic mass is 10.1. The molecule has 0 aromatic rings. The molecular weight excluding hydrogens is 202 g/mol. The van der Waals surface area contributed by atoms with Crippen LogP contribution in [0.3, 0.4) is 0 Å². The Morgan fingerprint density at radius 1 is 1.38 bits per heavy atom. The molecule has 0 aromatic heterocycles. The van der Waals surface area contributed by atoms with Crippen molar-refractivity contribution < 1.29 is 5.11 Å². The molecule has 2 aliphatic heterocycles. The fourth-order valence-electron chi connectivity index (χ4n) is 2.87. The van der Waals surface area contributed by atoms with Crippen molar-refractivity contribution in [3.63, 3.8) is 0 Å². The van der Waals surface area contributed by atoms with Crippen LogP contribution < -0.4 is 5.32 Å². The van der Waals surface area contributed by atoms with Crippen LogP contribution in [-0.4, -0.2) is 72.9 Å². The van der Waals surface area contributed by atoms with Crippen LogP contribution in [0.4, 0.5) is 0 Å². The van der Waals surface area contributed by atoms with Crippen molar-refractivity contribution in [2.75, 3.05) is 39.8 Å². The van der Waals surface area contributed by atoms with Gasteiger partial charge in [0.2, 0.25) is 0 Å². The predicted molar refractivity (Wildman–Crippen MR) is 65.6 cm³/mol. The molecule has 3 unspecified atom stereocenters. The molecule has 0 aliphatic carbocycles. The molecule has 0 bridgehead atoms. The zero-order valence-corrected chi connectivity index (χ0v) is 10.5. The van der Waals surface area contributed by atoms with Crippen LogP contribution in [0, 0.1) is 0 Å². The van der Waals surface area contributed by atoms with Crippen LogP contribution in [0.1, 0.15) is 19.8 Å². The normalized spacial score (nSPS) is 38.1. The number of hydrogen-bond acceptors (Lipinski definition) is 4. The molecule has 2 heterocycles. The number of rotatable bonds is 3. The molecule has 2 rings (SSSR count). The number of aliphatic hydroxyl groups excluding tert-OH is 1. The molecule has 4 heteroatoms. The minimum Gasteiger partial charge on any atom is -0.392 e. The maximum Gasteiger partial charge on any atom is 0.0680 e. The van der Waals surface area contributed by atoms with Crippen LogP contribution in [0.2, 0.25) is 0 Å². The Bertz CT molecular complexity index is 224. The lowest BCUT2D eigenvalue weighted by Crippen LogP contribution is -2.53. The molecule has 0 spiro atoms. The average molecular weight is 227 g/mol. The molecule has 2 N–H and O–H groups in total. The highest BCUT2D eigenvalue weighted by Gasteiger charge is 2.28. The van der Waals surface area contributed by atoms with Gasteiger partial charge in [-0.05, 0) is 19.9 Å². The third-order valence-corrected chi connectivity index (χ3v) is 4.01. The van der Waals surface area contributed by atoms with E-state index < -0.39 is 0 Å². The van der Waals surface area contributed by atoms with E-state index in [0.717, 1.165) is 19.5 Å². The summed E-state index contributed by atoms with van der Waals surface area (Å²) in [6, 6.07) is 1.20. The quantitative estimate of drug-likeness (QED) is 0.696. The van der Waals surface area contributed by atoms with Gasteiger partial charge in [0.1, 0.15) is 0 Å². The van der Waals surface area contributed by atoms with E-state index in [2.05, 4.69) is 29.1 Å². The number of nitrogens with one attached hydrogen (secondary N) is 1. The van der Waals surface area contributed by atoms with E-state index in [4.69, 9.17) is 0 Å². The van der Waals surface area contributed by atoms with Crippen molar-refractivity contribution in [2.45, 2.75) is 38.0 Å². The number of aliphatic hydroxyl groups is 1. The average Bonchev–Trinajstić information content (AvgIpc) is 2.67. The van der Waals surface area contributed by atoms with E-state index in [1.807, 2.05) is 0 Å². The van der Waals surface area contributed by atoms with Gasteiger partial charge in [0.25, 0.3) is 0 Å². The smallest absolute Gasteiger partial charge is 0.0680 e. The first-order valence-corrected chi connectivity index (χ1v) is 6.53. The Kier molecular flexibility index (Phi) is 4.19. The number of β-amino-alcohol motifs (C(OH)–C–C–N with tert-alkyl or cyclic N) is 1. The van der Waals surface area contributed by atoms with E-state index in [0.29, 0.717) is 12.1 Å². The molecule has 16 heavy (non-hydrogen) atoms. The monoisotopic (exact) mass is 227 g/mol. The molecule has 4 nitrogen and oxygen atoms in total. The molecule has 2 fully saturated rings. The lowest BCUT2D eigenvalue weighted by molar-refractivity contribution is 0.0861. The maximum absolute atomic E-state index is 9.48. The number of hydrogen-bond donors (Lipinski definition) is 2. The Morgan fingerprint density at radius 3 is 2.81 bits per heavy atom. The van der Waals surface area contributed by atoms with Gasteiger partial charge in [-0.2, -0.15) is 0 Å². The van der Waals surface area contributed by atoms with Gasteiger partial charge in [-0.3, -0.25) is 4.90 Å².